The van der Waals surface area contributed by atoms with Gasteiger partial charge >= 0.3 is 59.1 Å². The number of benzene rings is 2. The maximum atomic E-state index is 12.2. The number of rotatable bonds is 0. The number of aryl methyl sites for hydroxylation is 1. The Kier molecular flexibility index (Phi) is 8.58. The van der Waals surface area contributed by atoms with E-state index in [1.54, 1.807) is 6.07 Å². The molecule has 134 valence electrons. The zero-order valence-corrected chi connectivity index (χ0v) is 20.5. The predicted octanol–water partition coefficient (Wildman–Crippen LogP) is -3.39. The SMILES string of the molecule is C[C@]12CCc3c(ccc4cc(O)ccc34)C1CCC2=O.O=S(=O)([O-])[O-].[Na+].[Na+]. The number of carbonyl (C=O) groups is 1. The normalized spacial score (nSPS) is 23.2. The number of phenols is 1. The number of hydrogen-bond acceptors (Lipinski definition) is 6. The van der Waals surface area contributed by atoms with E-state index in [1.807, 2.05) is 12.1 Å². The van der Waals surface area contributed by atoms with Crippen LogP contribution in [-0.2, 0) is 21.6 Å². The van der Waals surface area contributed by atoms with Crippen molar-refractivity contribution in [3.8, 4) is 5.75 Å². The number of Topliss-reactive ketones (excluding diaryl/α,β-unsaturated/α-hetero) is 1. The van der Waals surface area contributed by atoms with E-state index >= 15 is 0 Å². The molecule has 0 heterocycles. The van der Waals surface area contributed by atoms with Crippen molar-refractivity contribution in [1.82, 2.24) is 0 Å². The Balaban J connectivity index is 0.000000468. The van der Waals surface area contributed by atoms with Crippen LogP contribution >= 0.6 is 0 Å². The summed E-state index contributed by atoms with van der Waals surface area (Å²) in [4.78, 5) is 12.2. The quantitative estimate of drug-likeness (QED) is 0.276. The fraction of sp³-hybridized carbons (Fsp3) is 0.389. The first-order valence-corrected chi connectivity index (χ1v) is 9.37. The second kappa shape index (κ2) is 9.24. The zero-order valence-electron chi connectivity index (χ0n) is 15.7. The maximum absolute atomic E-state index is 12.2. The molecule has 0 radical (unpaired) electrons. The van der Waals surface area contributed by atoms with E-state index in [4.69, 9.17) is 17.5 Å². The number of ketones is 1. The Hall–Kier alpha value is 0.0400. The monoisotopic (exact) mass is 408 g/mol. The molecule has 1 N–H and O–H groups in total. The molecule has 0 amide bonds. The molecule has 0 aromatic heterocycles. The van der Waals surface area contributed by atoms with Gasteiger partial charge in [0, 0.05) is 22.2 Å². The van der Waals surface area contributed by atoms with Gasteiger partial charge in [-0.25, -0.2) is 0 Å². The van der Waals surface area contributed by atoms with E-state index in [1.165, 1.54) is 16.5 Å². The van der Waals surface area contributed by atoms with Crippen molar-refractivity contribution in [1.29, 1.82) is 0 Å². The van der Waals surface area contributed by atoms with Crippen LogP contribution < -0.4 is 59.1 Å². The van der Waals surface area contributed by atoms with Crippen molar-refractivity contribution in [2.24, 2.45) is 5.41 Å². The standard InChI is InChI=1S/C18H18O2.2Na.H2O4S/c1-18-9-8-14-13-5-3-12(19)10-11(13)2-4-15(14)16(18)6-7-17(18)20;;;1-5(2,3)4/h2-5,10,16,19H,6-9H2,1H3;;;(H2,1,2,3,4)/q;2*+1;/p-2/t16?,18-;;;/m0.../s1. The molecule has 4 rings (SSSR count). The second-order valence-electron chi connectivity index (χ2n) is 6.88. The number of aromatic hydroxyl groups is 1. The Morgan fingerprint density at radius 3 is 2.37 bits per heavy atom. The van der Waals surface area contributed by atoms with Crippen molar-refractivity contribution in [3.63, 3.8) is 0 Å². The van der Waals surface area contributed by atoms with Gasteiger partial charge in [-0.2, -0.15) is 0 Å². The summed E-state index contributed by atoms with van der Waals surface area (Å²) >= 11 is 0. The molecule has 1 saturated carbocycles. The van der Waals surface area contributed by atoms with Crippen LogP contribution in [0.3, 0.4) is 0 Å². The number of phenolic OH excluding ortho intramolecular Hbond substituents is 1. The topological polar surface area (TPSA) is 118 Å². The average molecular weight is 408 g/mol. The molecule has 0 bridgehead atoms. The molecule has 2 aromatic rings. The third-order valence-corrected chi connectivity index (χ3v) is 5.49. The van der Waals surface area contributed by atoms with Gasteiger partial charge in [0.05, 0.1) is 0 Å². The van der Waals surface area contributed by atoms with Crippen molar-refractivity contribution < 1.29 is 86.5 Å². The van der Waals surface area contributed by atoms with Crippen LogP contribution in [-0.4, -0.2) is 28.4 Å². The van der Waals surface area contributed by atoms with Gasteiger partial charge in [-0.15, -0.1) is 0 Å². The van der Waals surface area contributed by atoms with Gasteiger partial charge in [0.15, 0.2) is 0 Å². The molecule has 1 unspecified atom stereocenters. The van der Waals surface area contributed by atoms with Crippen molar-refractivity contribution in [3.05, 3.63) is 41.5 Å². The van der Waals surface area contributed by atoms with E-state index in [-0.39, 0.29) is 64.5 Å². The summed E-state index contributed by atoms with van der Waals surface area (Å²) in [5.74, 6) is 1.14. The van der Waals surface area contributed by atoms with Crippen LogP contribution in [0.5, 0.6) is 5.75 Å². The first kappa shape index (κ1) is 25.1. The maximum Gasteiger partial charge on any atom is 1.00 e. The van der Waals surface area contributed by atoms with Gasteiger partial charge in [-0.05, 0) is 59.2 Å². The van der Waals surface area contributed by atoms with Crippen LogP contribution in [0.25, 0.3) is 10.8 Å². The Morgan fingerprint density at radius 1 is 1.11 bits per heavy atom. The van der Waals surface area contributed by atoms with Crippen LogP contribution in [0.2, 0.25) is 0 Å². The summed E-state index contributed by atoms with van der Waals surface area (Å²) in [6.45, 7) is 2.15. The molecule has 9 heteroatoms. The molecule has 27 heavy (non-hydrogen) atoms. The smallest absolute Gasteiger partial charge is 0.759 e. The van der Waals surface area contributed by atoms with Crippen molar-refractivity contribution >= 4 is 27.0 Å². The first-order chi connectivity index (χ1) is 11.6. The van der Waals surface area contributed by atoms with Gasteiger partial charge in [0.25, 0.3) is 0 Å². The van der Waals surface area contributed by atoms with E-state index in [9.17, 15) is 9.90 Å². The summed E-state index contributed by atoms with van der Waals surface area (Å²) < 4.78 is 34.1. The van der Waals surface area contributed by atoms with Crippen molar-refractivity contribution in [2.75, 3.05) is 0 Å². The van der Waals surface area contributed by atoms with Gasteiger partial charge in [0.1, 0.15) is 11.5 Å². The molecule has 6 nitrogen and oxygen atoms in total. The van der Waals surface area contributed by atoms with Gasteiger partial charge in [-0.1, -0.05) is 25.1 Å². The van der Waals surface area contributed by atoms with E-state index in [0.29, 0.717) is 17.5 Å². The first-order valence-electron chi connectivity index (χ1n) is 8.04. The summed E-state index contributed by atoms with van der Waals surface area (Å²) in [5, 5.41) is 11.9. The number of fused-ring (bicyclic) bond motifs is 5. The van der Waals surface area contributed by atoms with E-state index < -0.39 is 10.4 Å². The summed E-state index contributed by atoms with van der Waals surface area (Å²) in [6.07, 6.45) is 3.65. The number of carbonyl (C=O) groups excluding carboxylic acids is 1. The molecule has 2 aliphatic carbocycles. The van der Waals surface area contributed by atoms with Gasteiger partial charge in [0.2, 0.25) is 0 Å². The van der Waals surface area contributed by atoms with E-state index in [2.05, 4.69) is 19.1 Å². The molecular formula is C18H18Na2O6S. The number of hydrogen-bond donors (Lipinski definition) is 1. The molecule has 2 atom stereocenters. The minimum Gasteiger partial charge on any atom is -0.759 e. The average Bonchev–Trinajstić information content (AvgIpc) is 2.81. The fourth-order valence-corrected chi connectivity index (χ4v) is 4.27. The van der Waals surface area contributed by atoms with Crippen LogP contribution in [0.4, 0.5) is 0 Å². The predicted molar refractivity (Wildman–Crippen MR) is 89.5 cm³/mol. The zero-order chi connectivity index (χ0) is 18.4. The molecule has 0 saturated heterocycles. The minimum atomic E-state index is -5.17. The summed E-state index contributed by atoms with van der Waals surface area (Å²) in [6, 6.07) is 9.86. The van der Waals surface area contributed by atoms with Crippen molar-refractivity contribution in [2.45, 2.75) is 38.5 Å². The summed E-state index contributed by atoms with van der Waals surface area (Å²) in [7, 11) is -5.17. The molecule has 2 aliphatic rings. The van der Waals surface area contributed by atoms with Crippen LogP contribution in [0.1, 0.15) is 43.2 Å². The largest absolute Gasteiger partial charge is 1.00 e. The van der Waals surface area contributed by atoms with Crippen LogP contribution in [0, 0.1) is 5.41 Å². The molecule has 0 spiro atoms. The van der Waals surface area contributed by atoms with Gasteiger partial charge < -0.3 is 14.2 Å². The third-order valence-electron chi connectivity index (χ3n) is 5.49. The molecule has 1 fully saturated rings. The second-order valence-corrected chi connectivity index (χ2v) is 7.70. The van der Waals surface area contributed by atoms with Gasteiger partial charge in [-0.3, -0.25) is 13.2 Å². The Morgan fingerprint density at radius 2 is 1.74 bits per heavy atom. The third kappa shape index (κ3) is 5.35. The molecule has 0 aliphatic heterocycles. The molecular weight excluding hydrogens is 390 g/mol. The Bertz CT molecular complexity index is 952. The van der Waals surface area contributed by atoms with E-state index in [0.717, 1.165) is 31.1 Å². The fourth-order valence-electron chi connectivity index (χ4n) is 4.27. The summed E-state index contributed by atoms with van der Waals surface area (Å²) in [5.41, 5.74) is 2.61. The molecule has 2 aromatic carbocycles. The minimum absolute atomic E-state index is 0. The van der Waals surface area contributed by atoms with Crippen LogP contribution in [0.15, 0.2) is 30.3 Å². The Labute approximate surface area is 202 Å².